The van der Waals surface area contributed by atoms with Crippen LogP contribution >= 0.6 is 0 Å². The van der Waals surface area contributed by atoms with Gasteiger partial charge in [0, 0.05) is 26.7 Å². The van der Waals surface area contributed by atoms with Crippen LogP contribution in [0, 0.1) is 11.8 Å². The molecule has 5 rings (SSSR count). The zero-order chi connectivity index (χ0) is 27.8. The first-order chi connectivity index (χ1) is 18.8. The van der Waals surface area contributed by atoms with Gasteiger partial charge in [-0.2, -0.15) is 0 Å². The van der Waals surface area contributed by atoms with Gasteiger partial charge in [-0.15, -0.1) is 0 Å². The Morgan fingerprint density at radius 2 is 1.72 bits per heavy atom. The van der Waals surface area contributed by atoms with E-state index < -0.39 is 35.1 Å². The molecule has 1 aromatic carbocycles. The predicted molar refractivity (Wildman–Crippen MR) is 147 cm³/mol. The Labute approximate surface area is 231 Å². The minimum absolute atomic E-state index is 0.147. The first-order valence-corrected chi connectivity index (χ1v) is 14.4. The van der Waals surface area contributed by atoms with Gasteiger partial charge in [0.05, 0.1) is 30.1 Å². The molecule has 1 unspecified atom stereocenters. The van der Waals surface area contributed by atoms with Gasteiger partial charge in [-0.25, -0.2) is 0 Å². The second-order valence-corrected chi connectivity index (χ2v) is 11.4. The van der Waals surface area contributed by atoms with Gasteiger partial charge in [-0.3, -0.25) is 14.4 Å². The number of amides is 3. The molecular formula is C31H41N3O5. The largest absolute Gasteiger partial charge is 0.394 e. The molecule has 0 saturated carbocycles. The third-order valence-corrected chi connectivity index (χ3v) is 9.11. The highest BCUT2D eigenvalue weighted by Gasteiger charge is 2.75. The number of hydrogen-bond acceptors (Lipinski definition) is 5. The molecule has 39 heavy (non-hydrogen) atoms. The number of nitrogens with zero attached hydrogens (tertiary/aromatic N) is 3. The van der Waals surface area contributed by atoms with Gasteiger partial charge < -0.3 is 24.5 Å². The van der Waals surface area contributed by atoms with Crippen LogP contribution in [0.15, 0.2) is 54.6 Å². The second-order valence-electron chi connectivity index (χ2n) is 11.4. The molecule has 6 atom stereocenters. The molecule has 1 N–H and O–H groups in total. The first-order valence-electron chi connectivity index (χ1n) is 14.4. The number of hydrogen-bond donors (Lipinski definition) is 1. The average Bonchev–Trinajstić information content (AvgIpc) is 3.25. The second kappa shape index (κ2) is 10.9. The maximum atomic E-state index is 14.6. The van der Waals surface area contributed by atoms with Crippen molar-refractivity contribution >= 4 is 17.7 Å². The Morgan fingerprint density at radius 1 is 0.974 bits per heavy atom. The Hall–Kier alpha value is -2.97. The molecule has 0 radical (unpaired) electrons. The number of rotatable bonds is 9. The van der Waals surface area contributed by atoms with E-state index in [1.807, 2.05) is 66.5 Å². The van der Waals surface area contributed by atoms with Gasteiger partial charge in [0.1, 0.15) is 11.6 Å². The number of benzene rings is 1. The van der Waals surface area contributed by atoms with E-state index in [-0.39, 0.29) is 24.3 Å². The molecular weight excluding hydrogens is 494 g/mol. The summed E-state index contributed by atoms with van der Waals surface area (Å²) in [5.74, 6) is -2.23. The highest BCUT2D eigenvalue weighted by molar-refractivity contribution is 6.00. The van der Waals surface area contributed by atoms with Gasteiger partial charge in [0.2, 0.25) is 17.7 Å². The molecule has 8 nitrogen and oxygen atoms in total. The number of unbranched alkanes of at least 4 members (excludes halogenated alkanes) is 2. The van der Waals surface area contributed by atoms with Crippen LogP contribution in [0.3, 0.4) is 0 Å². The quantitative estimate of drug-likeness (QED) is 0.388. The molecule has 4 heterocycles. The van der Waals surface area contributed by atoms with Crippen molar-refractivity contribution in [2.45, 2.75) is 69.2 Å². The van der Waals surface area contributed by atoms with Crippen LogP contribution in [0.1, 0.15) is 45.1 Å². The van der Waals surface area contributed by atoms with Crippen LogP contribution in [-0.2, 0) is 25.5 Å². The maximum Gasteiger partial charge on any atom is 0.249 e. The molecule has 4 aliphatic heterocycles. The van der Waals surface area contributed by atoms with E-state index in [4.69, 9.17) is 4.74 Å². The Bertz CT molecular complexity index is 1150. The topological polar surface area (TPSA) is 90.4 Å². The minimum atomic E-state index is -1.30. The van der Waals surface area contributed by atoms with Crippen LogP contribution in [0.2, 0.25) is 0 Å². The first kappa shape index (κ1) is 27.6. The van der Waals surface area contributed by atoms with E-state index in [2.05, 4.69) is 6.92 Å². The average molecular weight is 536 g/mol. The lowest BCUT2D eigenvalue weighted by Crippen LogP contribution is -2.59. The summed E-state index contributed by atoms with van der Waals surface area (Å²) in [5.41, 5.74) is -1.32. The number of fused-ring (bicyclic) bond motifs is 2. The number of ether oxygens (including phenoxy) is 1. The van der Waals surface area contributed by atoms with Crippen molar-refractivity contribution in [1.82, 2.24) is 14.7 Å². The van der Waals surface area contributed by atoms with Gasteiger partial charge in [0.25, 0.3) is 0 Å². The van der Waals surface area contributed by atoms with Crippen LogP contribution in [-0.4, -0.2) is 94.1 Å². The number of carbonyl (C=O) groups is 3. The van der Waals surface area contributed by atoms with Gasteiger partial charge >= 0.3 is 0 Å². The minimum Gasteiger partial charge on any atom is -0.394 e. The van der Waals surface area contributed by atoms with Gasteiger partial charge in [0.15, 0.2) is 0 Å². The number of likely N-dealkylation sites (N-methyl/N-ethyl adjacent to an activating group) is 1. The van der Waals surface area contributed by atoms with Crippen LogP contribution < -0.4 is 0 Å². The third kappa shape index (κ3) is 4.42. The van der Waals surface area contributed by atoms with Crippen molar-refractivity contribution in [3.8, 4) is 0 Å². The Morgan fingerprint density at radius 3 is 2.41 bits per heavy atom. The fraction of sp³-hybridized carbons (Fsp3) is 0.581. The van der Waals surface area contributed by atoms with E-state index in [1.165, 1.54) is 0 Å². The van der Waals surface area contributed by atoms with Crippen molar-refractivity contribution in [1.29, 1.82) is 0 Å². The molecule has 210 valence electrons. The third-order valence-electron chi connectivity index (χ3n) is 9.11. The van der Waals surface area contributed by atoms with Crippen molar-refractivity contribution in [3.05, 3.63) is 60.2 Å². The van der Waals surface area contributed by atoms with E-state index in [1.54, 1.807) is 16.8 Å². The molecule has 3 amide bonds. The molecule has 4 aliphatic rings. The van der Waals surface area contributed by atoms with E-state index >= 15 is 0 Å². The zero-order valence-corrected chi connectivity index (χ0v) is 23.3. The molecule has 1 aromatic rings. The van der Waals surface area contributed by atoms with Crippen LogP contribution in [0.4, 0.5) is 0 Å². The normalized spacial score (nSPS) is 32.7. The smallest absolute Gasteiger partial charge is 0.249 e. The van der Waals surface area contributed by atoms with Crippen molar-refractivity contribution in [2.24, 2.45) is 11.8 Å². The summed E-state index contributed by atoms with van der Waals surface area (Å²) in [6, 6.07) is 8.09. The maximum absolute atomic E-state index is 14.6. The van der Waals surface area contributed by atoms with Crippen LogP contribution in [0.25, 0.3) is 0 Å². The van der Waals surface area contributed by atoms with Gasteiger partial charge in [-0.05, 0) is 24.8 Å². The van der Waals surface area contributed by atoms with E-state index in [9.17, 15) is 19.5 Å². The highest BCUT2D eigenvalue weighted by atomic mass is 16.5. The number of aliphatic hydroxyl groups is 1. The molecule has 1 spiro atoms. The Kier molecular flexibility index (Phi) is 7.71. The lowest BCUT2D eigenvalue weighted by Gasteiger charge is -2.41. The standard InChI is InChI=1S/C31H41N3O5/c1-4-6-10-18-33-19-12-16-31-25(24-27(36)32(3)17-11-15-30(24,5-2)39-31)28(37)34(26(31)29(33)38)23(21-35)20-22-13-8-7-9-14-22/h7-9,11-16,23-26,35H,4-6,10,17-21H2,1-3H3/t23-,24+,25+,26?,30-,31+/m1/s1. The number of likely N-dealkylation sites (tertiary alicyclic amines) is 1. The fourth-order valence-electron chi connectivity index (χ4n) is 7.15. The molecule has 0 aliphatic carbocycles. The SMILES string of the molecule is CCCCCN1CC=C[C@]23O[C@]4(CC)C=CCN(C)C(=O)[C@@H]4[C@H]2C(=O)N([C@@H](CO)Cc2ccccc2)C3C1=O. The molecule has 2 saturated heterocycles. The summed E-state index contributed by atoms with van der Waals surface area (Å²) < 4.78 is 6.97. The monoisotopic (exact) mass is 535 g/mol. The predicted octanol–water partition coefficient (Wildman–Crippen LogP) is 2.57. The number of carbonyl (C=O) groups excluding carboxylic acids is 3. The summed E-state index contributed by atoms with van der Waals surface area (Å²) in [5, 5.41) is 10.6. The summed E-state index contributed by atoms with van der Waals surface area (Å²) >= 11 is 0. The summed E-state index contributed by atoms with van der Waals surface area (Å²) in [7, 11) is 1.74. The molecule has 0 aromatic heterocycles. The summed E-state index contributed by atoms with van der Waals surface area (Å²) in [6.45, 7) is 5.24. The van der Waals surface area contributed by atoms with Crippen molar-refractivity contribution < 1.29 is 24.2 Å². The molecule has 8 heteroatoms. The van der Waals surface area contributed by atoms with Crippen molar-refractivity contribution in [2.75, 3.05) is 33.3 Å². The van der Waals surface area contributed by atoms with Crippen molar-refractivity contribution in [3.63, 3.8) is 0 Å². The van der Waals surface area contributed by atoms with Crippen LogP contribution in [0.5, 0.6) is 0 Å². The van der Waals surface area contributed by atoms with Gasteiger partial charge in [-0.1, -0.05) is 81.3 Å². The van der Waals surface area contributed by atoms with E-state index in [0.717, 1.165) is 24.8 Å². The summed E-state index contributed by atoms with van der Waals surface area (Å²) in [6.07, 6.45) is 11.5. The lowest BCUT2D eigenvalue weighted by molar-refractivity contribution is -0.157. The zero-order valence-electron chi connectivity index (χ0n) is 23.3. The molecule has 0 bridgehead atoms. The number of aliphatic hydroxyl groups excluding tert-OH is 1. The summed E-state index contributed by atoms with van der Waals surface area (Å²) in [4.78, 5) is 47.9. The Balaban J connectivity index is 1.63. The highest BCUT2D eigenvalue weighted by Crippen LogP contribution is 2.58. The molecule has 2 fully saturated rings. The lowest BCUT2D eigenvalue weighted by atomic mass is 9.73. The van der Waals surface area contributed by atoms with E-state index in [0.29, 0.717) is 32.5 Å². The fourth-order valence-corrected chi connectivity index (χ4v) is 7.15.